The highest BCUT2D eigenvalue weighted by Gasteiger charge is 2.21. The molecule has 1 aliphatic heterocycles. The van der Waals surface area contributed by atoms with E-state index in [1.807, 2.05) is 25.1 Å². The largest absolute Gasteiger partial charge is 0.378 e. The lowest BCUT2D eigenvalue weighted by atomic mass is 10.1. The maximum Gasteiger partial charge on any atom is 0.251 e. The summed E-state index contributed by atoms with van der Waals surface area (Å²) in [5, 5.41) is 8.40. The molecule has 2 aromatic carbocycles. The van der Waals surface area contributed by atoms with E-state index in [0.717, 1.165) is 36.1 Å². The number of amides is 1. The molecule has 1 amide bonds. The number of carbonyl (C=O) groups excluding carboxylic acids is 1. The fraction of sp³-hybridized carbons (Fsp3) is 0.364. The lowest BCUT2D eigenvalue weighted by Crippen LogP contribution is -2.36. The van der Waals surface area contributed by atoms with Crippen LogP contribution in [0.25, 0.3) is 16.6 Å². The van der Waals surface area contributed by atoms with E-state index in [1.54, 1.807) is 16.8 Å². The number of carbonyl (C=O) groups is 1. The molecular formula is C22H25FN4O3. The van der Waals surface area contributed by atoms with E-state index in [4.69, 9.17) is 9.47 Å². The molecule has 0 atom stereocenters. The van der Waals surface area contributed by atoms with Gasteiger partial charge in [-0.15, -0.1) is 5.10 Å². The number of benzene rings is 2. The Morgan fingerprint density at radius 3 is 2.70 bits per heavy atom. The molecule has 158 valence electrons. The first-order valence-electron chi connectivity index (χ1n) is 10.2. The Labute approximate surface area is 174 Å². The van der Waals surface area contributed by atoms with Gasteiger partial charge in [0.2, 0.25) is 0 Å². The molecule has 1 fully saturated rings. The normalized spacial score (nSPS) is 14.3. The molecule has 0 spiro atoms. The summed E-state index contributed by atoms with van der Waals surface area (Å²) >= 11 is 0. The summed E-state index contributed by atoms with van der Waals surface area (Å²) in [6.45, 7) is 5.30. The van der Waals surface area contributed by atoms with E-state index in [2.05, 4.69) is 15.3 Å². The Bertz CT molecular complexity index is 1010. The lowest BCUT2D eigenvalue weighted by Gasteiger charge is -2.29. The van der Waals surface area contributed by atoms with Crippen LogP contribution in [0.15, 0.2) is 42.5 Å². The lowest BCUT2D eigenvalue weighted by molar-refractivity contribution is -0.120. The van der Waals surface area contributed by atoms with Crippen molar-refractivity contribution in [1.82, 2.24) is 9.78 Å². The summed E-state index contributed by atoms with van der Waals surface area (Å²) in [7, 11) is 0. The van der Waals surface area contributed by atoms with Crippen LogP contribution in [-0.4, -0.2) is 55.2 Å². The SMILES string of the molecule is CCCOCC(=O)Nc1nn(-c2ccc(F)cc2)c2cccc(N3CCOCC3)c12. The Morgan fingerprint density at radius 2 is 1.97 bits per heavy atom. The number of fused-ring (bicyclic) bond motifs is 1. The molecule has 0 saturated carbocycles. The van der Waals surface area contributed by atoms with Gasteiger partial charge in [0.15, 0.2) is 5.82 Å². The quantitative estimate of drug-likeness (QED) is 0.603. The molecule has 0 aliphatic carbocycles. The van der Waals surface area contributed by atoms with Gasteiger partial charge >= 0.3 is 0 Å². The Hall–Kier alpha value is -2.97. The fourth-order valence-electron chi connectivity index (χ4n) is 3.56. The minimum atomic E-state index is -0.314. The molecule has 0 radical (unpaired) electrons. The third-order valence-corrected chi connectivity index (χ3v) is 4.95. The molecule has 1 aliphatic rings. The summed E-state index contributed by atoms with van der Waals surface area (Å²) in [5.41, 5.74) is 2.52. The Kier molecular flexibility index (Phi) is 6.25. The van der Waals surface area contributed by atoms with Crippen molar-refractivity contribution in [3.05, 3.63) is 48.3 Å². The van der Waals surface area contributed by atoms with E-state index in [0.29, 0.717) is 31.3 Å². The number of morpholine rings is 1. The molecule has 1 aromatic heterocycles. The summed E-state index contributed by atoms with van der Waals surface area (Å²) in [6.07, 6.45) is 0.844. The van der Waals surface area contributed by atoms with Gasteiger partial charge in [0, 0.05) is 19.7 Å². The monoisotopic (exact) mass is 412 g/mol. The van der Waals surface area contributed by atoms with Crippen LogP contribution < -0.4 is 10.2 Å². The zero-order valence-electron chi connectivity index (χ0n) is 16.9. The van der Waals surface area contributed by atoms with Crippen LogP contribution in [0.4, 0.5) is 15.9 Å². The van der Waals surface area contributed by atoms with Crippen molar-refractivity contribution in [3.8, 4) is 5.69 Å². The predicted octanol–water partition coefficient (Wildman–Crippen LogP) is 3.37. The van der Waals surface area contributed by atoms with Crippen molar-refractivity contribution in [2.45, 2.75) is 13.3 Å². The molecular weight excluding hydrogens is 387 g/mol. The van der Waals surface area contributed by atoms with E-state index >= 15 is 0 Å². The average Bonchev–Trinajstić information content (AvgIpc) is 3.13. The highest BCUT2D eigenvalue weighted by atomic mass is 19.1. The van der Waals surface area contributed by atoms with Crippen molar-refractivity contribution in [2.75, 3.05) is 49.7 Å². The van der Waals surface area contributed by atoms with Gasteiger partial charge in [0.05, 0.1) is 35.5 Å². The van der Waals surface area contributed by atoms with Crippen LogP contribution in [0.3, 0.4) is 0 Å². The zero-order valence-corrected chi connectivity index (χ0v) is 16.9. The fourth-order valence-corrected chi connectivity index (χ4v) is 3.56. The number of nitrogens with zero attached hydrogens (tertiary/aromatic N) is 3. The minimum Gasteiger partial charge on any atom is -0.378 e. The first-order valence-corrected chi connectivity index (χ1v) is 10.2. The Balaban J connectivity index is 1.77. The van der Waals surface area contributed by atoms with Gasteiger partial charge in [0.1, 0.15) is 12.4 Å². The molecule has 3 aromatic rings. The minimum absolute atomic E-state index is 0.0293. The van der Waals surface area contributed by atoms with Gasteiger partial charge in [-0.1, -0.05) is 13.0 Å². The van der Waals surface area contributed by atoms with Gasteiger partial charge in [-0.3, -0.25) is 4.79 Å². The van der Waals surface area contributed by atoms with Crippen molar-refractivity contribution in [2.24, 2.45) is 0 Å². The van der Waals surface area contributed by atoms with Crippen molar-refractivity contribution < 1.29 is 18.7 Å². The number of halogens is 1. The molecule has 30 heavy (non-hydrogen) atoms. The standard InChI is InChI=1S/C22H25FN4O3/c1-2-12-30-15-20(28)24-22-21-18(26-10-13-29-14-11-26)4-3-5-19(21)27(25-22)17-8-6-16(23)7-9-17/h3-9H,2,10-15H2,1H3,(H,24,25,28). The number of ether oxygens (including phenoxy) is 2. The smallest absolute Gasteiger partial charge is 0.251 e. The number of rotatable bonds is 7. The van der Waals surface area contributed by atoms with Crippen LogP contribution >= 0.6 is 0 Å². The van der Waals surface area contributed by atoms with E-state index in [1.165, 1.54) is 12.1 Å². The third-order valence-electron chi connectivity index (χ3n) is 4.95. The van der Waals surface area contributed by atoms with Gasteiger partial charge < -0.3 is 19.7 Å². The first kappa shape index (κ1) is 20.3. The van der Waals surface area contributed by atoms with Crippen molar-refractivity contribution in [3.63, 3.8) is 0 Å². The number of hydrogen-bond acceptors (Lipinski definition) is 5. The van der Waals surface area contributed by atoms with Crippen LogP contribution in [0.5, 0.6) is 0 Å². The maximum absolute atomic E-state index is 13.4. The first-order chi connectivity index (χ1) is 14.7. The summed E-state index contributed by atoms with van der Waals surface area (Å²) in [5.74, 6) is -0.113. The second-order valence-corrected chi connectivity index (χ2v) is 7.11. The molecule has 1 saturated heterocycles. The highest BCUT2D eigenvalue weighted by molar-refractivity contribution is 6.06. The van der Waals surface area contributed by atoms with Gasteiger partial charge in [-0.25, -0.2) is 9.07 Å². The van der Waals surface area contributed by atoms with Gasteiger partial charge in [-0.2, -0.15) is 0 Å². The molecule has 0 unspecified atom stereocenters. The summed E-state index contributed by atoms with van der Waals surface area (Å²) < 4.78 is 26.0. The number of aromatic nitrogens is 2. The summed E-state index contributed by atoms with van der Waals surface area (Å²) in [4.78, 5) is 14.7. The predicted molar refractivity (Wildman–Crippen MR) is 114 cm³/mol. The molecule has 2 heterocycles. The van der Waals surface area contributed by atoms with Crippen molar-refractivity contribution >= 4 is 28.3 Å². The zero-order chi connectivity index (χ0) is 20.9. The molecule has 4 rings (SSSR count). The molecule has 7 nitrogen and oxygen atoms in total. The van der Waals surface area contributed by atoms with Crippen LogP contribution in [0, 0.1) is 5.82 Å². The maximum atomic E-state index is 13.4. The number of anilines is 2. The number of nitrogens with one attached hydrogen (secondary N) is 1. The van der Waals surface area contributed by atoms with Gasteiger partial charge in [0.25, 0.3) is 5.91 Å². The average molecular weight is 412 g/mol. The topological polar surface area (TPSA) is 68.6 Å². The van der Waals surface area contributed by atoms with E-state index in [9.17, 15) is 9.18 Å². The second kappa shape index (κ2) is 9.23. The van der Waals surface area contributed by atoms with E-state index < -0.39 is 0 Å². The molecule has 1 N–H and O–H groups in total. The highest BCUT2D eigenvalue weighted by Crippen LogP contribution is 2.35. The molecule has 8 heteroatoms. The summed E-state index contributed by atoms with van der Waals surface area (Å²) in [6, 6.07) is 12.0. The van der Waals surface area contributed by atoms with Gasteiger partial charge in [-0.05, 0) is 42.8 Å². The van der Waals surface area contributed by atoms with Crippen molar-refractivity contribution in [1.29, 1.82) is 0 Å². The van der Waals surface area contributed by atoms with E-state index in [-0.39, 0.29) is 18.3 Å². The number of hydrogen-bond donors (Lipinski definition) is 1. The van der Waals surface area contributed by atoms with Crippen LogP contribution in [0.1, 0.15) is 13.3 Å². The second-order valence-electron chi connectivity index (χ2n) is 7.11. The van der Waals surface area contributed by atoms with Crippen LogP contribution in [-0.2, 0) is 14.3 Å². The third kappa shape index (κ3) is 4.29. The molecule has 0 bridgehead atoms. The van der Waals surface area contributed by atoms with Crippen LogP contribution in [0.2, 0.25) is 0 Å². The Morgan fingerprint density at radius 1 is 1.20 bits per heavy atom.